The molecule has 318 valence electrons. The van der Waals surface area contributed by atoms with Crippen LogP contribution in [0.1, 0.15) is 89.5 Å². The molecule has 7 aromatic rings. The van der Waals surface area contributed by atoms with Crippen molar-refractivity contribution in [2.24, 2.45) is 0 Å². The Bertz CT molecular complexity index is 2820. The van der Waals surface area contributed by atoms with E-state index in [4.69, 9.17) is 27.1 Å². The van der Waals surface area contributed by atoms with E-state index in [1.807, 2.05) is 0 Å². The van der Waals surface area contributed by atoms with E-state index < -0.39 is 17.0 Å². The van der Waals surface area contributed by atoms with Crippen molar-refractivity contribution in [3.05, 3.63) is 162 Å². The Kier molecular flexibility index (Phi) is 11.8. The van der Waals surface area contributed by atoms with E-state index in [2.05, 4.69) is 180 Å². The van der Waals surface area contributed by atoms with Gasteiger partial charge in [0.25, 0.3) is 0 Å². The SMILES string of the molecule is Cc1cc(C)c(-c2c3nc(c(-c4c(C)cc(C)cc4C)c4ccc([n-]4)c(-c4c(C)cc(C)cc4C)c4nc(c(-c5c(C)cc(C)cc5C)c5ccc2[n-]5)C=C4)C=C3)c(C)c1.[O]=[Ru]=[O]. The van der Waals surface area contributed by atoms with Crippen molar-refractivity contribution in [3.63, 3.8) is 0 Å². The molecule has 8 bridgehead atoms. The van der Waals surface area contributed by atoms with Crippen LogP contribution in [0.5, 0.6) is 0 Å². The zero-order valence-electron chi connectivity index (χ0n) is 38.2. The van der Waals surface area contributed by atoms with Crippen molar-refractivity contribution in [3.8, 4) is 44.5 Å². The summed E-state index contributed by atoms with van der Waals surface area (Å²) >= 11 is -1.79. The molecule has 0 fully saturated rings. The molecule has 0 amide bonds. The number of aromatic nitrogens is 4. The van der Waals surface area contributed by atoms with Gasteiger partial charge in [-0.15, -0.1) is 22.1 Å². The summed E-state index contributed by atoms with van der Waals surface area (Å²) in [5.74, 6) is 0. The molecule has 6 nitrogen and oxygen atoms in total. The molecule has 63 heavy (non-hydrogen) atoms. The quantitative estimate of drug-likeness (QED) is 0.163. The van der Waals surface area contributed by atoms with E-state index in [0.29, 0.717) is 0 Å². The Hall–Kier alpha value is -6.30. The average Bonchev–Trinajstić information content (AvgIpc) is 4.03. The number of rotatable bonds is 4. The van der Waals surface area contributed by atoms with Crippen molar-refractivity contribution < 1.29 is 24.2 Å². The Morgan fingerprint density at radius 1 is 0.317 bits per heavy atom. The van der Waals surface area contributed by atoms with E-state index in [1.54, 1.807) is 0 Å². The van der Waals surface area contributed by atoms with Crippen molar-refractivity contribution in [2.45, 2.75) is 83.1 Å². The maximum absolute atomic E-state index is 8.46. The topological polar surface area (TPSA) is 88.1 Å². The van der Waals surface area contributed by atoms with E-state index >= 15 is 0 Å². The zero-order chi connectivity index (χ0) is 45.0. The summed E-state index contributed by atoms with van der Waals surface area (Å²) in [5.41, 5.74) is 30.4. The molecule has 0 unspecified atom stereocenters. The molecule has 0 aliphatic carbocycles. The summed E-state index contributed by atoms with van der Waals surface area (Å²) in [7, 11) is 0. The van der Waals surface area contributed by atoms with Crippen LogP contribution >= 0.6 is 0 Å². The average molecular weight is 914 g/mol. The molecule has 0 saturated carbocycles. The van der Waals surface area contributed by atoms with Crippen LogP contribution in [0, 0.1) is 83.1 Å². The van der Waals surface area contributed by atoms with Gasteiger partial charge in [0.2, 0.25) is 0 Å². The van der Waals surface area contributed by atoms with Gasteiger partial charge in [-0.2, -0.15) is 0 Å². The van der Waals surface area contributed by atoms with Gasteiger partial charge < -0.3 is 9.97 Å². The molecule has 0 atom stereocenters. The first-order valence-electron chi connectivity index (χ1n) is 21.3. The van der Waals surface area contributed by atoms with E-state index in [9.17, 15) is 0 Å². The van der Waals surface area contributed by atoms with Crippen LogP contribution in [0.2, 0.25) is 0 Å². The molecule has 5 heterocycles. The third-order valence-corrected chi connectivity index (χ3v) is 12.3. The number of aryl methyl sites for hydroxylation is 12. The molecule has 9 rings (SSSR count). The van der Waals surface area contributed by atoms with Gasteiger partial charge in [0.05, 0.1) is 22.8 Å². The summed E-state index contributed by atoms with van der Waals surface area (Å²) < 4.78 is 16.9. The summed E-state index contributed by atoms with van der Waals surface area (Å²) in [6.07, 6.45) is 8.72. The molecule has 0 radical (unpaired) electrons. The third-order valence-electron chi connectivity index (χ3n) is 12.3. The molecule has 3 aromatic heterocycles. The molecular weight excluding hydrogens is 862 g/mol. The maximum atomic E-state index is 8.46. The van der Waals surface area contributed by atoms with Gasteiger partial charge in [-0.1, -0.05) is 95.1 Å². The normalized spacial score (nSPS) is 11.9. The minimum atomic E-state index is -1.79. The predicted molar refractivity (Wildman–Crippen MR) is 257 cm³/mol. The number of hydrogen-bond acceptors (Lipinski definition) is 4. The van der Waals surface area contributed by atoms with Gasteiger partial charge >= 0.3 is 24.2 Å². The van der Waals surface area contributed by atoms with Gasteiger partial charge in [-0.25, -0.2) is 9.97 Å². The van der Waals surface area contributed by atoms with Crippen molar-refractivity contribution in [2.75, 3.05) is 0 Å². The van der Waals surface area contributed by atoms with Crippen LogP contribution in [0.25, 0.3) is 90.9 Å². The minimum absolute atomic E-state index is 0.889. The van der Waals surface area contributed by atoms with Crippen molar-refractivity contribution in [1.82, 2.24) is 19.9 Å². The van der Waals surface area contributed by atoms with Crippen LogP contribution in [0.4, 0.5) is 0 Å². The number of nitrogens with zero attached hydrogens (tertiary/aromatic N) is 4. The van der Waals surface area contributed by atoms with E-state index in [-0.39, 0.29) is 0 Å². The van der Waals surface area contributed by atoms with Crippen LogP contribution in [0.15, 0.2) is 72.8 Å². The molecule has 2 aliphatic rings. The molecule has 7 heteroatoms. The number of hydrogen-bond donors (Lipinski definition) is 0. The second kappa shape index (κ2) is 17.1. The van der Waals surface area contributed by atoms with Gasteiger partial charge in [-0.3, -0.25) is 0 Å². The summed E-state index contributed by atoms with van der Waals surface area (Å²) in [6, 6.07) is 26.9. The standard InChI is InChI=1S/C56H52N4.2O.Ru/c1-29-21-33(5)49(34(6)22-29)53-41-13-15-43(57-41)54(50-35(7)23-30(2)24-36(50)8)45-17-19-47(59-45)56(52-39(11)27-32(4)28-40(52)12)48-20-18-46(60-48)55(44-16-14-42(53)58-44)51-37(9)25-31(3)26-38(51)10;;;/h13-28H,1-12H3;;;/q-2;;;. The van der Waals surface area contributed by atoms with Crippen LogP contribution in [-0.4, -0.2) is 9.97 Å². The Morgan fingerprint density at radius 3 is 0.667 bits per heavy atom. The summed E-state index contributed by atoms with van der Waals surface area (Å²) in [6.45, 7) is 26.3. The molecule has 0 saturated heterocycles. The predicted octanol–water partition coefficient (Wildman–Crippen LogP) is 14.0. The fraction of sp³-hybridized carbons (Fsp3) is 0.214. The second-order valence-corrected chi connectivity index (χ2v) is 17.8. The molecule has 0 spiro atoms. The van der Waals surface area contributed by atoms with Crippen LogP contribution < -0.4 is 9.97 Å². The zero-order valence-corrected chi connectivity index (χ0v) is 39.9. The molecule has 4 aromatic carbocycles. The van der Waals surface area contributed by atoms with Crippen LogP contribution in [-0.2, 0) is 24.2 Å². The van der Waals surface area contributed by atoms with E-state index in [0.717, 1.165) is 89.4 Å². The molecular formula is C56H52N4O2Ru-2. The first-order chi connectivity index (χ1) is 30.1. The van der Waals surface area contributed by atoms with Gasteiger partial charge in [-0.05, 0) is 196 Å². The van der Waals surface area contributed by atoms with Crippen LogP contribution in [0.3, 0.4) is 0 Å². The summed E-state index contributed by atoms with van der Waals surface area (Å²) in [4.78, 5) is 22.4. The van der Waals surface area contributed by atoms with Crippen molar-refractivity contribution >= 4 is 46.4 Å². The Morgan fingerprint density at radius 2 is 0.492 bits per heavy atom. The van der Waals surface area contributed by atoms with Gasteiger partial charge in [0.1, 0.15) is 0 Å². The number of benzene rings is 4. The van der Waals surface area contributed by atoms with Gasteiger partial charge in [0.15, 0.2) is 0 Å². The Labute approximate surface area is 378 Å². The third kappa shape index (κ3) is 8.00. The Balaban J connectivity index is 0.00000177. The summed E-state index contributed by atoms with van der Waals surface area (Å²) in [5, 5.41) is 0. The first kappa shape index (κ1) is 43.4. The first-order valence-corrected chi connectivity index (χ1v) is 22.8. The van der Waals surface area contributed by atoms with Gasteiger partial charge in [0, 0.05) is 0 Å². The monoisotopic (exact) mass is 914 g/mol. The molecule has 2 aliphatic heterocycles. The van der Waals surface area contributed by atoms with E-state index in [1.165, 1.54) is 66.8 Å². The number of fused-ring (bicyclic) bond motifs is 8. The molecule has 0 N–H and O–H groups in total. The fourth-order valence-electron chi connectivity index (χ4n) is 10.4. The second-order valence-electron chi connectivity index (χ2n) is 17.5. The fourth-order valence-corrected chi connectivity index (χ4v) is 10.4. The van der Waals surface area contributed by atoms with Crippen molar-refractivity contribution in [1.29, 1.82) is 0 Å².